The van der Waals surface area contributed by atoms with Crippen molar-refractivity contribution in [1.82, 2.24) is 9.88 Å². The molecular formula is C23H21BrN2O. The summed E-state index contributed by atoms with van der Waals surface area (Å²) in [7, 11) is 0. The number of benzene rings is 2. The predicted molar refractivity (Wildman–Crippen MR) is 115 cm³/mol. The van der Waals surface area contributed by atoms with Gasteiger partial charge in [0.1, 0.15) is 11.3 Å². The molecule has 1 aromatic heterocycles. The van der Waals surface area contributed by atoms with Crippen molar-refractivity contribution in [3.05, 3.63) is 88.1 Å². The molecule has 2 aromatic carbocycles. The zero-order valence-corrected chi connectivity index (χ0v) is 16.6. The van der Waals surface area contributed by atoms with E-state index < -0.39 is 0 Å². The lowest BCUT2D eigenvalue weighted by Crippen LogP contribution is -2.28. The number of hydrogen-bond donors (Lipinski definition) is 1. The van der Waals surface area contributed by atoms with Crippen molar-refractivity contribution < 1.29 is 5.11 Å². The average Bonchev–Trinajstić information content (AvgIpc) is 2.70. The molecule has 1 N–H and O–H groups in total. The lowest BCUT2D eigenvalue weighted by molar-refractivity contribution is 0.287. The van der Waals surface area contributed by atoms with E-state index in [4.69, 9.17) is 0 Å². The summed E-state index contributed by atoms with van der Waals surface area (Å²) in [5, 5.41) is 10.9. The highest BCUT2D eigenvalue weighted by atomic mass is 79.9. The van der Waals surface area contributed by atoms with E-state index in [0.717, 1.165) is 37.1 Å². The van der Waals surface area contributed by atoms with E-state index in [1.165, 1.54) is 15.6 Å². The zero-order chi connectivity index (χ0) is 18.6. The van der Waals surface area contributed by atoms with Gasteiger partial charge >= 0.3 is 0 Å². The lowest BCUT2D eigenvalue weighted by Gasteiger charge is -2.25. The summed E-state index contributed by atoms with van der Waals surface area (Å²) in [4.78, 5) is 7.01. The molecule has 3 aromatic rings. The molecule has 1 aliphatic heterocycles. The smallest absolute Gasteiger partial charge is 0.141 e. The first kappa shape index (κ1) is 18.0. The van der Waals surface area contributed by atoms with Gasteiger partial charge in [0.15, 0.2) is 0 Å². The minimum absolute atomic E-state index is 0.224. The second-order valence-electron chi connectivity index (χ2n) is 6.77. The number of halogens is 1. The summed E-state index contributed by atoms with van der Waals surface area (Å²) in [6.07, 6.45) is 7.49. The lowest BCUT2D eigenvalue weighted by atomic mass is 10.1. The second-order valence-corrected chi connectivity index (χ2v) is 7.63. The minimum Gasteiger partial charge on any atom is -0.506 e. The van der Waals surface area contributed by atoms with Crippen LogP contribution in [0.25, 0.3) is 17.0 Å². The average molecular weight is 421 g/mol. The van der Waals surface area contributed by atoms with Gasteiger partial charge in [-0.05, 0) is 41.8 Å². The normalized spacial score (nSPS) is 15.4. The molecule has 27 heavy (non-hydrogen) atoms. The third kappa shape index (κ3) is 4.29. The van der Waals surface area contributed by atoms with Crippen molar-refractivity contribution in [3.8, 4) is 5.75 Å². The first-order chi connectivity index (χ1) is 13.2. The molecule has 0 saturated carbocycles. The summed E-state index contributed by atoms with van der Waals surface area (Å²) in [5.41, 5.74) is 4.17. The Kier molecular flexibility index (Phi) is 5.37. The van der Waals surface area contributed by atoms with Crippen LogP contribution in [0.3, 0.4) is 0 Å². The molecule has 4 heteroatoms. The van der Waals surface area contributed by atoms with Crippen LogP contribution in [0, 0.1) is 0 Å². The van der Waals surface area contributed by atoms with Crippen LogP contribution in [-0.2, 0) is 6.54 Å². The highest BCUT2D eigenvalue weighted by Gasteiger charge is 2.12. The van der Waals surface area contributed by atoms with Gasteiger partial charge in [0.25, 0.3) is 0 Å². The van der Waals surface area contributed by atoms with Crippen molar-refractivity contribution in [3.63, 3.8) is 0 Å². The van der Waals surface area contributed by atoms with Crippen LogP contribution in [0.2, 0.25) is 0 Å². The summed E-state index contributed by atoms with van der Waals surface area (Å²) >= 11 is 3.63. The van der Waals surface area contributed by atoms with Crippen LogP contribution in [0.4, 0.5) is 0 Å². The van der Waals surface area contributed by atoms with Crippen molar-refractivity contribution in [2.75, 3.05) is 13.1 Å². The molecule has 0 radical (unpaired) electrons. The quantitative estimate of drug-likeness (QED) is 0.600. The Morgan fingerprint density at radius 1 is 1.04 bits per heavy atom. The molecule has 1 aliphatic rings. The van der Waals surface area contributed by atoms with Gasteiger partial charge in [-0.15, -0.1) is 0 Å². The number of fused-ring (bicyclic) bond motifs is 1. The maximum atomic E-state index is 9.98. The molecule has 0 spiro atoms. The number of aromatic hydroxyl groups is 1. The van der Waals surface area contributed by atoms with Crippen LogP contribution in [0.15, 0.2) is 76.8 Å². The van der Waals surface area contributed by atoms with Crippen LogP contribution in [0.5, 0.6) is 5.75 Å². The van der Waals surface area contributed by atoms with E-state index in [2.05, 4.69) is 56.2 Å². The molecule has 0 fully saturated rings. The van der Waals surface area contributed by atoms with Crippen LogP contribution < -0.4 is 0 Å². The van der Waals surface area contributed by atoms with E-state index in [1.54, 1.807) is 6.07 Å². The number of allylic oxidation sites excluding steroid dienone is 1. The first-order valence-electron chi connectivity index (χ1n) is 9.11. The summed E-state index contributed by atoms with van der Waals surface area (Å²) < 4.78 is 1.17. The highest BCUT2D eigenvalue weighted by Crippen LogP contribution is 2.24. The molecule has 0 saturated heterocycles. The number of hydrogen-bond acceptors (Lipinski definition) is 3. The first-order valence-corrected chi connectivity index (χ1v) is 9.90. The fourth-order valence-corrected chi connectivity index (χ4v) is 3.73. The molecule has 2 heterocycles. The Bertz CT molecular complexity index is 1030. The van der Waals surface area contributed by atoms with Gasteiger partial charge in [-0.2, -0.15) is 0 Å². The standard InChI is InChI=1S/C23H21BrN2O/c24-21-6-2-1-4-19(21)16-26-14-12-17(13-15-26)8-10-20-11-9-18-5-3-7-22(27)23(18)25-20/h1-12,27H,13-16H2. The van der Waals surface area contributed by atoms with E-state index in [0.29, 0.717) is 5.52 Å². The Morgan fingerprint density at radius 3 is 2.74 bits per heavy atom. The van der Waals surface area contributed by atoms with Gasteiger partial charge in [-0.25, -0.2) is 4.98 Å². The Labute approximate surface area is 167 Å². The summed E-state index contributed by atoms with van der Waals surface area (Å²) in [5.74, 6) is 0.224. The second kappa shape index (κ2) is 8.07. The molecular weight excluding hydrogens is 400 g/mol. The number of nitrogens with zero attached hydrogens (tertiary/aromatic N) is 2. The van der Waals surface area contributed by atoms with Crippen molar-refractivity contribution in [2.45, 2.75) is 13.0 Å². The topological polar surface area (TPSA) is 36.4 Å². The molecule has 136 valence electrons. The van der Waals surface area contributed by atoms with Gasteiger partial charge in [0, 0.05) is 29.5 Å². The van der Waals surface area contributed by atoms with E-state index >= 15 is 0 Å². The van der Waals surface area contributed by atoms with Crippen LogP contribution >= 0.6 is 15.9 Å². The fraction of sp³-hybridized carbons (Fsp3) is 0.174. The monoisotopic (exact) mass is 420 g/mol. The van der Waals surface area contributed by atoms with Crippen LogP contribution in [0.1, 0.15) is 17.7 Å². The van der Waals surface area contributed by atoms with Gasteiger partial charge in [-0.3, -0.25) is 4.90 Å². The summed E-state index contributed by atoms with van der Waals surface area (Å²) in [6.45, 7) is 2.96. The fourth-order valence-electron chi connectivity index (χ4n) is 3.32. The van der Waals surface area contributed by atoms with E-state index in [9.17, 15) is 5.11 Å². The maximum absolute atomic E-state index is 9.98. The number of aromatic nitrogens is 1. The Morgan fingerprint density at radius 2 is 1.93 bits per heavy atom. The third-order valence-corrected chi connectivity index (χ3v) is 5.64. The zero-order valence-electron chi connectivity index (χ0n) is 15.0. The maximum Gasteiger partial charge on any atom is 0.141 e. The molecule has 0 aliphatic carbocycles. The van der Waals surface area contributed by atoms with Crippen LogP contribution in [-0.4, -0.2) is 28.1 Å². The van der Waals surface area contributed by atoms with E-state index in [1.807, 2.05) is 36.4 Å². The van der Waals surface area contributed by atoms with Crippen molar-refractivity contribution >= 4 is 32.9 Å². The molecule has 0 unspecified atom stereocenters. The predicted octanol–water partition coefficient (Wildman–Crippen LogP) is 5.55. The minimum atomic E-state index is 0.224. The largest absolute Gasteiger partial charge is 0.506 e. The van der Waals surface area contributed by atoms with Gasteiger partial charge in [0.2, 0.25) is 0 Å². The Hall–Kier alpha value is -2.43. The summed E-state index contributed by atoms with van der Waals surface area (Å²) in [6, 6.07) is 17.8. The highest BCUT2D eigenvalue weighted by molar-refractivity contribution is 9.10. The third-order valence-electron chi connectivity index (χ3n) is 4.87. The van der Waals surface area contributed by atoms with Crippen molar-refractivity contribution in [1.29, 1.82) is 0 Å². The number of para-hydroxylation sites is 1. The molecule has 0 amide bonds. The molecule has 3 nitrogen and oxygen atoms in total. The van der Waals surface area contributed by atoms with E-state index in [-0.39, 0.29) is 5.75 Å². The molecule has 0 bridgehead atoms. The van der Waals surface area contributed by atoms with Gasteiger partial charge < -0.3 is 5.11 Å². The van der Waals surface area contributed by atoms with Gasteiger partial charge in [0.05, 0.1) is 5.69 Å². The number of phenols is 1. The van der Waals surface area contributed by atoms with Gasteiger partial charge in [-0.1, -0.05) is 64.5 Å². The SMILES string of the molecule is Oc1cccc2ccc(C=CC3=CCN(Cc4ccccc4Br)CC3)nc12. The van der Waals surface area contributed by atoms with Crippen molar-refractivity contribution in [2.24, 2.45) is 0 Å². The number of phenolic OH excluding ortho intramolecular Hbond substituents is 1. The number of pyridine rings is 1. The number of rotatable bonds is 4. The Balaban J connectivity index is 1.42. The molecule has 0 atom stereocenters. The molecule has 4 rings (SSSR count).